The van der Waals surface area contributed by atoms with Crippen LogP contribution in [0.2, 0.25) is 0 Å². The van der Waals surface area contributed by atoms with Gasteiger partial charge in [-0.15, -0.1) is 6.42 Å². The molecule has 0 aliphatic rings. The van der Waals surface area contributed by atoms with E-state index in [9.17, 15) is 4.79 Å². The number of ketones is 1. The molecule has 0 fully saturated rings. The van der Waals surface area contributed by atoms with E-state index in [0.29, 0.717) is 0 Å². The van der Waals surface area contributed by atoms with Gasteiger partial charge in [0.15, 0.2) is 0 Å². The van der Waals surface area contributed by atoms with Gasteiger partial charge in [-0.2, -0.15) is 0 Å². The van der Waals surface area contributed by atoms with E-state index in [1.165, 1.54) is 0 Å². The molecule has 2 nitrogen and oxygen atoms in total. The molecule has 0 aliphatic carbocycles. The summed E-state index contributed by atoms with van der Waals surface area (Å²) in [4.78, 5) is 10.9. The Hall–Kier alpha value is -1.59. The Balaban J connectivity index is 2.65. The van der Waals surface area contributed by atoms with Gasteiger partial charge in [0.1, 0.15) is 0 Å². The second kappa shape index (κ2) is 4.44. The van der Waals surface area contributed by atoms with Crippen molar-refractivity contribution in [2.24, 2.45) is 5.73 Å². The minimum atomic E-state index is -0.287. The predicted octanol–water partition coefficient (Wildman–Crippen LogP) is 1.28. The molecule has 0 radical (unpaired) electrons. The highest BCUT2D eigenvalue weighted by molar-refractivity contribution is 5.95. The number of nitrogens with two attached hydrogens (primary N) is 1. The number of hydrogen-bond donors (Lipinski definition) is 1. The van der Waals surface area contributed by atoms with Crippen molar-refractivity contribution in [2.75, 3.05) is 0 Å². The molecular weight excluding hydrogens is 162 g/mol. The van der Waals surface area contributed by atoms with E-state index >= 15 is 0 Å². The summed E-state index contributed by atoms with van der Waals surface area (Å²) in [6.07, 6.45) is 5.15. The minimum absolute atomic E-state index is 0.209. The number of carbonyl (C=O) groups is 1. The highest BCUT2D eigenvalue weighted by Crippen LogP contribution is 2.12. The summed E-state index contributed by atoms with van der Waals surface area (Å²) < 4.78 is 0. The molecule has 0 spiro atoms. The zero-order valence-electron chi connectivity index (χ0n) is 7.23. The molecule has 1 atom stereocenters. The van der Waals surface area contributed by atoms with Crippen LogP contribution in [0.1, 0.15) is 18.0 Å². The van der Waals surface area contributed by atoms with Crippen LogP contribution in [0.25, 0.3) is 0 Å². The van der Waals surface area contributed by atoms with Crippen molar-refractivity contribution >= 4 is 5.78 Å². The van der Waals surface area contributed by atoms with Gasteiger partial charge in [-0.05, 0) is 11.5 Å². The second-order valence-electron chi connectivity index (χ2n) is 2.79. The fraction of sp³-hybridized carbons (Fsp3) is 0.182. The average molecular weight is 173 g/mol. The minimum Gasteiger partial charge on any atom is -0.324 e. The Morgan fingerprint density at radius 2 is 2.08 bits per heavy atom. The fourth-order valence-electron chi connectivity index (χ4n) is 1.08. The largest absolute Gasteiger partial charge is 0.324 e. The maximum Gasteiger partial charge on any atom is 0.207 e. The molecule has 0 aromatic heterocycles. The monoisotopic (exact) mass is 173 g/mol. The number of rotatable bonds is 3. The van der Waals surface area contributed by atoms with Crippen LogP contribution in [0.5, 0.6) is 0 Å². The first-order valence-corrected chi connectivity index (χ1v) is 4.04. The lowest BCUT2D eigenvalue weighted by molar-refractivity contribution is -0.114. The molecule has 2 N–H and O–H groups in total. The van der Waals surface area contributed by atoms with Crippen LogP contribution >= 0.6 is 0 Å². The van der Waals surface area contributed by atoms with Gasteiger partial charge in [0.05, 0.1) is 0 Å². The van der Waals surface area contributed by atoms with Crippen molar-refractivity contribution in [1.82, 2.24) is 0 Å². The van der Waals surface area contributed by atoms with Crippen LogP contribution in [0.15, 0.2) is 30.3 Å². The predicted molar refractivity (Wildman–Crippen MR) is 51.8 cm³/mol. The van der Waals surface area contributed by atoms with Crippen molar-refractivity contribution in [1.29, 1.82) is 0 Å². The maximum absolute atomic E-state index is 10.9. The van der Waals surface area contributed by atoms with E-state index in [4.69, 9.17) is 12.2 Å². The number of benzene rings is 1. The molecule has 0 amide bonds. The lowest BCUT2D eigenvalue weighted by atomic mass is 10.0. The maximum atomic E-state index is 10.9. The van der Waals surface area contributed by atoms with E-state index in [1.807, 2.05) is 36.3 Å². The van der Waals surface area contributed by atoms with Gasteiger partial charge in [0, 0.05) is 12.5 Å². The Kier molecular flexibility index (Phi) is 3.24. The number of terminal acetylenes is 1. The first kappa shape index (κ1) is 9.50. The number of hydrogen-bond acceptors (Lipinski definition) is 2. The Morgan fingerprint density at radius 1 is 1.46 bits per heavy atom. The third-order valence-corrected chi connectivity index (χ3v) is 1.79. The van der Waals surface area contributed by atoms with Crippen LogP contribution < -0.4 is 5.73 Å². The van der Waals surface area contributed by atoms with Gasteiger partial charge in [-0.1, -0.05) is 30.3 Å². The lowest BCUT2D eigenvalue weighted by Gasteiger charge is -2.08. The van der Waals surface area contributed by atoms with E-state index in [2.05, 4.69) is 0 Å². The summed E-state index contributed by atoms with van der Waals surface area (Å²) in [5, 5.41) is 0. The molecule has 1 rings (SSSR count). The molecular formula is C11H11NO. The summed E-state index contributed by atoms with van der Waals surface area (Å²) in [5.74, 6) is 1.79. The molecule has 1 aromatic carbocycles. The smallest absolute Gasteiger partial charge is 0.207 e. The molecule has 0 bridgehead atoms. The third-order valence-electron chi connectivity index (χ3n) is 1.79. The zero-order chi connectivity index (χ0) is 9.68. The SMILES string of the molecule is C#CC(=O)CC(N)c1ccccc1. The van der Waals surface area contributed by atoms with E-state index in [0.717, 1.165) is 5.56 Å². The van der Waals surface area contributed by atoms with Crippen LogP contribution in [-0.4, -0.2) is 5.78 Å². The molecule has 1 aromatic rings. The molecule has 0 heterocycles. The van der Waals surface area contributed by atoms with E-state index < -0.39 is 0 Å². The summed E-state index contributed by atoms with van der Waals surface area (Å²) in [7, 11) is 0. The quantitative estimate of drug-likeness (QED) is 0.552. The second-order valence-corrected chi connectivity index (χ2v) is 2.79. The van der Waals surface area contributed by atoms with Gasteiger partial charge in [0.25, 0.3) is 0 Å². The summed E-state index contributed by atoms with van der Waals surface area (Å²) >= 11 is 0. The van der Waals surface area contributed by atoms with Gasteiger partial charge in [0.2, 0.25) is 5.78 Å². The molecule has 13 heavy (non-hydrogen) atoms. The van der Waals surface area contributed by atoms with Crippen molar-refractivity contribution in [3.63, 3.8) is 0 Å². The molecule has 0 saturated carbocycles. The summed E-state index contributed by atoms with van der Waals surface area (Å²) in [5.41, 5.74) is 6.69. The normalized spacial score (nSPS) is 11.7. The van der Waals surface area contributed by atoms with Gasteiger partial charge >= 0.3 is 0 Å². The van der Waals surface area contributed by atoms with Crippen molar-refractivity contribution in [3.8, 4) is 12.3 Å². The van der Waals surface area contributed by atoms with Crippen LogP contribution in [0.4, 0.5) is 0 Å². The van der Waals surface area contributed by atoms with Crippen LogP contribution in [0.3, 0.4) is 0 Å². The zero-order valence-corrected chi connectivity index (χ0v) is 7.23. The third kappa shape index (κ3) is 2.73. The van der Waals surface area contributed by atoms with Gasteiger partial charge in [-0.3, -0.25) is 4.79 Å². The van der Waals surface area contributed by atoms with Crippen molar-refractivity contribution < 1.29 is 4.79 Å². The molecule has 66 valence electrons. The first-order valence-electron chi connectivity index (χ1n) is 4.04. The Bertz CT molecular complexity index is 324. The number of Topliss-reactive ketones (excluding diaryl/α,β-unsaturated/α-hetero) is 1. The van der Waals surface area contributed by atoms with Gasteiger partial charge in [-0.25, -0.2) is 0 Å². The standard InChI is InChI=1S/C11H11NO/c1-2-10(13)8-11(12)9-6-4-3-5-7-9/h1,3-7,11H,8,12H2. The summed E-state index contributed by atoms with van der Waals surface area (Å²) in [6, 6.07) is 9.15. The van der Waals surface area contributed by atoms with Gasteiger partial charge < -0.3 is 5.73 Å². The highest BCUT2D eigenvalue weighted by Gasteiger charge is 2.08. The van der Waals surface area contributed by atoms with E-state index in [-0.39, 0.29) is 18.2 Å². The fourth-order valence-corrected chi connectivity index (χ4v) is 1.08. The molecule has 0 aliphatic heterocycles. The average Bonchev–Trinajstić information content (AvgIpc) is 2.19. The number of carbonyl (C=O) groups excluding carboxylic acids is 1. The van der Waals surface area contributed by atoms with E-state index in [1.54, 1.807) is 0 Å². The highest BCUT2D eigenvalue weighted by atomic mass is 16.1. The van der Waals surface area contributed by atoms with Crippen LogP contribution in [0, 0.1) is 12.3 Å². The first-order chi connectivity index (χ1) is 6.24. The summed E-state index contributed by atoms with van der Waals surface area (Å²) in [6.45, 7) is 0. The Morgan fingerprint density at radius 3 is 2.62 bits per heavy atom. The molecule has 2 heteroatoms. The Labute approximate surface area is 77.8 Å². The molecule has 1 unspecified atom stereocenters. The van der Waals surface area contributed by atoms with Crippen LogP contribution in [-0.2, 0) is 4.79 Å². The topological polar surface area (TPSA) is 43.1 Å². The van der Waals surface area contributed by atoms with Crippen molar-refractivity contribution in [2.45, 2.75) is 12.5 Å². The molecule has 0 saturated heterocycles. The lowest BCUT2D eigenvalue weighted by Crippen LogP contribution is -2.14. The van der Waals surface area contributed by atoms with Crippen molar-refractivity contribution in [3.05, 3.63) is 35.9 Å².